The Kier molecular flexibility index (Phi) is 9.42. The normalized spacial score (nSPS) is 10.1. The summed E-state index contributed by atoms with van der Waals surface area (Å²) < 4.78 is 5.78. The van der Waals surface area contributed by atoms with Crippen LogP contribution in [0.4, 0.5) is 11.6 Å². The second-order valence-electron chi connectivity index (χ2n) is 5.01. The minimum atomic E-state index is -1.18. The van der Waals surface area contributed by atoms with Gasteiger partial charge in [0.15, 0.2) is 0 Å². The number of anilines is 2. The number of carbonyl (C=O) groups excluding carboxylic acids is 1. The van der Waals surface area contributed by atoms with Gasteiger partial charge in [-0.1, -0.05) is 30.1 Å². The topological polar surface area (TPSA) is 141 Å². The van der Waals surface area contributed by atoms with Crippen molar-refractivity contribution >= 4 is 78.6 Å². The first-order chi connectivity index (χ1) is 13.1. The molecule has 0 atom stereocenters. The second kappa shape index (κ2) is 10.8. The molecule has 8 nitrogen and oxygen atoms in total. The summed E-state index contributed by atoms with van der Waals surface area (Å²) in [5.41, 5.74) is 11.6. The van der Waals surface area contributed by atoms with E-state index in [1.807, 2.05) is 6.92 Å². The van der Waals surface area contributed by atoms with E-state index in [0.717, 1.165) is 0 Å². The number of hydrogen-bond acceptors (Lipinski definition) is 7. The highest BCUT2D eigenvalue weighted by Crippen LogP contribution is 2.32. The van der Waals surface area contributed by atoms with Crippen LogP contribution in [0.15, 0.2) is 15.1 Å². The first-order valence-electron chi connectivity index (χ1n) is 7.69. The maximum atomic E-state index is 11.4. The van der Waals surface area contributed by atoms with Crippen molar-refractivity contribution in [2.45, 2.75) is 20.3 Å². The van der Waals surface area contributed by atoms with Crippen molar-refractivity contribution in [3.63, 3.8) is 0 Å². The molecule has 0 amide bonds. The van der Waals surface area contributed by atoms with Gasteiger partial charge in [-0.2, -0.15) is 0 Å². The van der Waals surface area contributed by atoms with Crippen LogP contribution in [0.3, 0.4) is 0 Å². The van der Waals surface area contributed by atoms with Crippen LogP contribution in [0.1, 0.15) is 40.3 Å². The van der Waals surface area contributed by atoms with Crippen LogP contribution in [0.5, 0.6) is 0 Å². The third kappa shape index (κ3) is 5.69. The van der Waals surface area contributed by atoms with Crippen molar-refractivity contribution < 1.29 is 19.4 Å². The van der Waals surface area contributed by atoms with Gasteiger partial charge in [0.05, 0.1) is 31.3 Å². The van der Waals surface area contributed by atoms with E-state index < -0.39 is 11.9 Å². The molecule has 0 bridgehead atoms. The standard InChI is InChI=1S/2C8H8BrClN2O2/c1-2-14-8(13)5-6(10)4(9)3-12-7(5)11;1-2-3-5(9)6(10)4(8(13)14)7(11)12-3/h3H,2H2,1H3,(H2,11,12);2H2,1H3,(H2,11,12)(H,13,14). The molecule has 0 spiro atoms. The van der Waals surface area contributed by atoms with Crippen molar-refractivity contribution in [3.8, 4) is 0 Å². The number of aromatic nitrogens is 2. The lowest BCUT2D eigenvalue weighted by atomic mass is 10.2. The number of nitrogen functional groups attached to an aromatic ring is 2. The summed E-state index contributed by atoms with van der Waals surface area (Å²) >= 11 is 18.0. The van der Waals surface area contributed by atoms with Crippen LogP contribution in [-0.4, -0.2) is 33.6 Å². The Hall–Kier alpha value is -1.62. The van der Waals surface area contributed by atoms with E-state index in [2.05, 4.69) is 41.8 Å². The minimum Gasteiger partial charge on any atom is -0.478 e. The molecule has 0 aliphatic heterocycles. The average molecular weight is 559 g/mol. The minimum absolute atomic E-state index is 0.0532. The molecular formula is C16H16Br2Cl2N4O4. The van der Waals surface area contributed by atoms with Gasteiger partial charge in [-0.3, -0.25) is 0 Å². The number of hydrogen-bond donors (Lipinski definition) is 3. The second-order valence-corrected chi connectivity index (χ2v) is 7.41. The lowest BCUT2D eigenvalue weighted by Gasteiger charge is -2.08. The molecule has 28 heavy (non-hydrogen) atoms. The van der Waals surface area contributed by atoms with Gasteiger partial charge < -0.3 is 21.3 Å². The van der Waals surface area contributed by atoms with Crippen LogP contribution < -0.4 is 11.5 Å². The predicted octanol–water partition coefficient (Wildman–Crippen LogP) is 4.60. The molecule has 0 aliphatic carbocycles. The van der Waals surface area contributed by atoms with Gasteiger partial charge in [-0.05, 0) is 45.2 Å². The molecule has 0 saturated carbocycles. The fraction of sp³-hybridized carbons (Fsp3) is 0.250. The molecule has 2 rings (SSSR count). The van der Waals surface area contributed by atoms with Gasteiger partial charge in [-0.15, -0.1) is 0 Å². The van der Waals surface area contributed by atoms with Gasteiger partial charge in [0.25, 0.3) is 0 Å². The summed E-state index contributed by atoms with van der Waals surface area (Å²) in [5.74, 6) is -1.73. The molecule has 152 valence electrons. The summed E-state index contributed by atoms with van der Waals surface area (Å²) in [4.78, 5) is 29.9. The lowest BCUT2D eigenvalue weighted by Crippen LogP contribution is -2.10. The third-order valence-electron chi connectivity index (χ3n) is 3.21. The van der Waals surface area contributed by atoms with Crippen LogP contribution in [0, 0.1) is 0 Å². The van der Waals surface area contributed by atoms with E-state index in [-0.39, 0.29) is 39.4 Å². The summed E-state index contributed by atoms with van der Waals surface area (Å²) in [6.07, 6.45) is 2.06. The Morgan fingerprint density at radius 3 is 2.25 bits per heavy atom. The first-order valence-corrected chi connectivity index (χ1v) is 10.0. The van der Waals surface area contributed by atoms with E-state index in [1.54, 1.807) is 6.92 Å². The zero-order chi connectivity index (χ0) is 21.6. The molecule has 0 fully saturated rings. The number of carboxylic acids is 1. The SMILES string of the molecule is CCOC(=O)c1c(N)ncc(Br)c1Cl.CCc1nc(N)c(C(=O)O)c(Cl)c1Br. The Morgan fingerprint density at radius 2 is 1.75 bits per heavy atom. The maximum absolute atomic E-state index is 11.4. The summed E-state index contributed by atoms with van der Waals surface area (Å²) in [6, 6.07) is 0. The number of aryl methyl sites for hydroxylation is 1. The Morgan fingerprint density at radius 1 is 1.14 bits per heavy atom. The van der Waals surface area contributed by atoms with E-state index in [1.165, 1.54) is 6.20 Å². The molecule has 0 saturated heterocycles. The zero-order valence-corrected chi connectivity index (χ0v) is 19.4. The third-order valence-corrected chi connectivity index (χ3v) is 5.89. The van der Waals surface area contributed by atoms with Crippen LogP contribution in [-0.2, 0) is 11.2 Å². The van der Waals surface area contributed by atoms with Crippen LogP contribution >= 0.6 is 55.1 Å². The van der Waals surface area contributed by atoms with E-state index in [9.17, 15) is 9.59 Å². The smallest absolute Gasteiger partial charge is 0.343 e. The highest BCUT2D eigenvalue weighted by molar-refractivity contribution is 9.11. The van der Waals surface area contributed by atoms with Crippen molar-refractivity contribution in [2.24, 2.45) is 0 Å². The van der Waals surface area contributed by atoms with E-state index in [4.69, 9.17) is 44.5 Å². The van der Waals surface area contributed by atoms with Gasteiger partial charge in [0.1, 0.15) is 22.8 Å². The molecule has 2 aromatic heterocycles. The molecule has 2 aromatic rings. The fourth-order valence-corrected chi connectivity index (χ4v) is 3.29. The summed E-state index contributed by atoms with van der Waals surface area (Å²) in [7, 11) is 0. The lowest BCUT2D eigenvalue weighted by molar-refractivity contribution is 0.0526. The molecule has 0 unspecified atom stereocenters. The quantitative estimate of drug-likeness (QED) is 0.462. The summed E-state index contributed by atoms with van der Waals surface area (Å²) in [5, 5.41) is 9.13. The number of nitrogens with zero attached hydrogens (tertiary/aromatic N) is 2. The summed E-state index contributed by atoms with van der Waals surface area (Å²) in [6.45, 7) is 3.85. The number of halogens is 4. The van der Waals surface area contributed by atoms with Gasteiger partial charge in [0.2, 0.25) is 0 Å². The largest absolute Gasteiger partial charge is 0.478 e. The van der Waals surface area contributed by atoms with Gasteiger partial charge in [-0.25, -0.2) is 19.6 Å². The van der Waals surface area contributed by atoms with Gasteiger partial charge in [0, 0.05) is 6.20 Å². The molecule has 5 N–H and O–H groups in total. The van der Waals surface area contributed by atoms with Crippen LogP contribution in [0.2, 0.25) is 10.0 Å². The van der Waals surface area contributed by atoms with Crippen molar-refractivity contribution in [3.05, 3.63) is 42.0 Å². The predicted molar refractivity (Wildman–Crippen MR) is 115 cm³/mol. The van der Waals surface area contributed by atoms with E-state index in [0.29, 0.717) is 21.1 Å². The number of aromatic carboxylic acids is 1. The van der Waals surface area contributed by atoms with E-state index >= 15 is 0 Å². The maximum Gasteiger partial charge on any atom is 0.343 e. The monoisotopic (exact) mass is 556 g/mol. The molecule has 12 heteroatoms. The number of pyridine rings is 2. The zero-order valence-electron chi connectivity index (χ0n) is 14.7. The number of nitrogens with two attached hydrogens (primary N) is 2. The average Bonchev–Trinajstić information content (AvgIpc) is 2.62. The van der Waals surface area contributed by atoms with Crippen LogP contribution in [0.25, 0.3) is 0 Å². The number of esters is 1. The molecule has 2 heterocycles. The van der Waals surface area contributed by atoms with Crippen molar-refractivity contribution in [1.29, 1.82) is 0 Å². The number of rotatable bonds is 4. The van der Waals surface area contributed by atoms with Gasteiger partial charge >= 0.3 is 11.9 Å². The Balaban J connectivity index is 0.000000280. The van der Waals surface area contributed by atoms with Crippen molar-refractivity contribution in [1.82, 2.24) is 9.97 Å². The molecular weight excluding hydrogens is 543 g/mol. The fourth-order valence-electron chi connectivity index (χ4n) is 1.91. The highest BCUT2D eigenvalue weighted by atomic mass is 79.9. The molecule has 0 aliphatic rings. The number of carbonyl (C=O) groups is 2. The Labute approximate surface area is 187 Å². The molecule has 0 radical (unpaired) electrons. The first kappa shape index (κ1) is 24.4. The number of carboxylic acid groups (broad SMARTS) is 1. The number of ether oxygens (including phenoxy) is 1. The molecule has 0 aromatic carbocycles. The highest BCUT2D eigenvalue weighted by Gasteiger charge is 2.20. The van der Waals surface area contributed by atoms with Crippen molar-refractivity contribution in [2.75, 3.05) is 18.1 Å². The Bertz CT molecular complexity index is 913.